The number of benzene rings is 3. The number of aromatic amines is 1. The average molecular weight is 842 g/mol. The maximum atomic E-state index is 14.8. The van der Waals surface area contributed by atoms with Crippen LogP contribution in [0.2, 0.25) is 0 Å². The first kappa shape index (κ1) is 43.4. The summed E-state index contributed by atoms with van der Waals surface area (Å²) in [5.74, 6) is 4.94. The zero-order valence-electron chi connectivity index (χ0n) is 35.2. The van der Waals surface area contributed by atoms with Crippen molar-refractivity contribution in [2.75, 3.05) is 32.1 Å². The fourth-order valence-electron chi connectivity index (χ4n) is 8.34. The molecule has 14 heteroatoms. The standard InChI is InChI=1S/C46H42F2N6O5.C2H7N/c1-26(2)33-19-31(20-35-30(25-55)23-51-42(33)35)53-17-7-10-28-18-34(36(43(47)48)21-40(28)53)29-12-13-38(50-22-29)44(57)49-16-5-3-4-8-27-9-6-11-32-37(27)24-54(46(32)59)39-14-15-41(56)52-45(39)58;1-3-2/h6,9,11-13,18-23,25-26,39,43,51H,3,5,7,10,14-17,24H2,1-2H3,(H,49,57)(H,52,56,58);3H,1-2H3. The fraction of sp³-hybridized carbons (Fsp3) is 0.333. The quantitative estimate of drug-likeness (QED) is 0.0493. The maximum absolute atomic E-state index is 14.8. The molecule has 320 valence electrons. The second kappa shape index (κ2) is 18.9. The van der Waals surface area contributed by atoms with Crippen LogP contribution in [0, 0.1) is 11.8 Å². The topological polar surface area (TPSA) is 157 Å². The van der Waals surface area contributed by atoms with Crippen LogP contribution in [0.15, 0.2) is 67.0 Å². The number of aromatic nitrogens is 2. The van der Waals surface area contributed by atoms with Crippen LogP contribution in [0.25, 0.3) is 22.0 Å². The van der Waals surface area contributed by atoms with Crippen molar-refractivity contribution in [3.63, 3.8) is 0 Å². The predicted molar refractivity (Wildman–Crippen MR) is 234 cm³/mol. The first-order valence-electron chi connectivity index (χ1n) is 20.8. The van der Waals surface area contributed by atoms with Gasteiger partial charge < -0.3 is 25.4 Å². The molecule has 5 aromatic rings. The molecule has 4 N–H and O–H groups in total. The smallest absolute Gasteiger partial charge is 0.269 e. The minimum atomic E-state index is -2.76. The van der Waals surface area contributed by atoms with Gasteiger partial charge in [0.2, 0.25) is 11.8 Å². The first-order valence-corrected chi connectivity index (χ1v) is 20.8. The number of hydrogen-bond donors (Lipinski definition) is 4. The van der Waals surface area contributed by atoms with Crippen molar-refractivity contribution in [1.29, 1.82) is 0 Å². The summed E-state index contributed by atoms with van der Waals surface area (Å²) in [5.41, 5.74) is 7.77. The van der Waals surface area contributed by atoms with Gasteiger partial charge in [-0.05, 0) is 110 Å². The van der Waals surface area contributed by atoms with E-state index in [1.807, 2.05) is 32.3 Å². The van der Waals surface area contributed by atoms with Gasteiger partial charge in [0.1, 0.15) is 11.7 Å². The number of H-pyrrole nitrogens is 1. The number of nitrogens with zero attached hydrogens (tertiary/aromatic N) is 3. The van der Waals surface area contributed by atoms with E-state index in [1.54, 1.807) is 30.5 Å². The van der Waals surface area contributed by atoms with Gasteiger partial charge in [0, 0.05) is 95.0 Å². The molecule has 1 unspecified atom stereocenters. The van der Waals surface area contributed by atoms with Gasteiger partial charge in [-0.25, -0.2) is 8.78 Å². The van der Waals surface area contributed by atoms with E-state index in [0.717, 1.165) is 46.0 Å². The second-order valence-corrected chi connectivity index (χ2v) is 15.9. The highest BCUT2D eigenvalue weighted by Gasteiger charge is 2.39. The number of amides is 4. The number of aryl methyl sites for hydroxylation is 1. The molecule has 8 rings (SSSR count). The molecule has 0 saturated carbocycles. The molecule has 62 heavy (non-hydrogen) atoms. The average Bonchev–Trinajstić information content (AvgIpc) is 3.84. The van der Waals surface area contributed by atoms with Gasteiger partial charge in [-0.15, -0.1) is 0 Å². The third-order valence-corrected chi connectivity index (χ3v) is 11.4. The lowest BCUT2D eigenvalue weighted by Crippen LogP contribution is -2.52. The fourth-order valence-corrected chi connectivity index (χ4v) is 8.34. The Balaban J connectivity index is 0.00000187. The maximum Gasteiger partial charge on any atom is 0.269 e. The molecule has 12 nitrogen and oxygen atoms in total. The molecule has 0 spiro atoms. The number of pyridine rings is 1. The summed E-state index contributed by atoms with van der Waals surface area (Å²) >= 11 is 0. The Morgan fingerprint density at radius 1 is 1.03 bits per heavy atom. The van der Waals surface area contributed by atoms with Crippen LogP contribution in [-0.4, -0.2) is 78.0 Å². The molecule has 1 fully saturated rings. The Morgan fingerprint density at radius 2 is 1.84 bits per heavy atom. The van der Waals surface area contributed by atoms with Gasteiger partial charge in [-0.1, -0.05) is 37.8 Å². The molecule has 3 aliphatic heterocycles. The third kappa shape index (κ3) is 8.85. The molecule has 3 aliphatic rings. The molecule has 1 saturated heterocycles. The van der Waals surface area contributed by atoms with Crippen LogP contribution in [0.5, 0.6) is 0 Å². The van der Waals surface area contributed by atoms with Crippen molar-refractivity contribution < 1.29 is 32.8 Å². The van der Waals surface area contributed by atoms with Gasteiger partial charge in [0.05, 0.1) is 0 Å². The van der Waals surface area contributed by atoms with Crippen molar-refractivity contribution in [3.8, 4) is 23.0 Å². The van der Waals surface area contributed by atoms with E-state index in [4.69, 9.17) is 0 Å². The van der Waals surface area contributed by atoms with E-state index < -0.39 is 24.3 Å². The molecule has 3 aromatic carbocycles. The number of carbonyl (C=O) groups is 5. The number of rotatable bonds is 10. The highest BCUT2D eigenvalue weighted by Crippen LogP contribution is 2.43. The van der Waals surface area contributed by atoms with Crippen molar-refractivity contribution in [2.45, 2.75) is 77.3 Å². The zero-order valence-corrected chi connectivity index (χ0v) is 35.2. The molecular weight excluding hydrogens is 793 g/mol. The van der Waals surface area contributed by atoms with Crippen LogP contribution < -0.4 is 20.9 Å². The highest BCUT2D eigenvalue weighted by molar-refractivity contribution is 6.06. The molecule has 0 aliphatic carbocycles. The summed E-state index contributed by atoms with van der Waals surface area (Å²) in [6, 6.07) is 15.2. The number of hydrogen-bond acceptors (Lipinski definition) is 8. The van der Waals surface area contributed by atoms with Crippen LogP contribution in [0.4, 0.5) is 20.2 Å². The monoisotopic (exact) mass is 841 g/mol. The first-order chi connectivity index (χ1) is 29.9. The number of piperidine rings is 1. The van der Waals surface area contributed by atoms with E-state index >= 15 is 0 Å². The number of alkyl halides is 2. The van der Waals surface area contributed by atoms with Gasteiger partial charge >= 0.3 is 0 Å². The van der Waals surface area contributed by atoms with Gasteiger partial charge in [0.15, 0.2) is 6.29 Å². The van der Waals surface area contributed by atoms with Gasteiger partial charge in [-0.3, -0.25) is 34.3 Å². The Morgan fingerprint density at radius 3 is 2.55 bits per heavy atom. The molecule has 0 radical (unpaired) electrons. The normalized spacial score (nSPS) is 15.7. The number of aldehydes is 1. The third-order valence-electron chi connectivity index (χ3n) is 11.4. The van der Waals surface area contributed by atoms with Crippen LogP contribution in [0.1, 0.15) is 117 Å². The van der Waals surface area contributed by atoms with Crippen LogP contribution in [-0.2, 0) is 22.6 Å². The molecule has 4 amide bonds. The lowest BCUT2D eigenvalue weighted by atomic mass is 9.91. The van der Waals surface area contributed by atoms with Crippen LogP contribution in [0.3, 0.4) is 0 Å². The van der Waals surface area contributed by atoms with E-state index in [-0.39, 0.29) is 48.4 Å². The Labute approximate surface area is 358 Å². The number of anilines is 2. The second-order valence-electron chi connectivity index (χ2n) is 15.9. The van der Waals surface area contributed by atoms with Gasteiger partial charge in [0.25, 0.3) is 18.2 Å². The zero-order chi connectivity index (χ0) is 44.1. The van der Waals surface area contributed by atoms with E-state index in [2.05, 4.69) is 62.6 Å². The minimum absolute atomic E-state index is 0.130. The van der Waals surface area contributed by atoms with Crippen molar-refractivity contribution in [2.24, 2.45) is 0 Å². The summed E-state index contributed by atoms with van der Waals surface area (Å²) < 4.78 is 29.5. The number of nitrogens with one attached hydrogen (secondary N) is 4. The number of fused-ring (bicyclic) bond motifs is 3. The lowest BCUT2D eigenvalue weighted by Gasteiger charge is -2.33. The minimum Gasteiger partial charge on any atom is -0.360 e. The van der Waals surface area contributed by atoms with Gasteiger partial charge in [-0.2, -0.15) is 0 Å². The largest absolute Gasteiger partial charge is 0.360 e. The predicted octanol–water partition coefficient (Wildman–Crippen LogP) is 7.35. The Hall–Kier alpha value is -6.72. The molecule has 2 aromatic heterocycles. The number of imide groups is 1. The lowest BCUT2D eigenvalue weighted by molar-refractivity contribution is -0.136. The van der Waals surface area contributed by atoms with E-state index in [9.17, 15) is 32.8 Å². The van der Waals surface area contributed by atoms with E-state index in [0.29, 0.717) is 65.9 Å². The van der Waals surface area contributed by atoms with Crippen LogP contribution >= 0.6 is 0 Å². The molecule has 1 atom stereocenters. The summed E-state index contributed by atoms with van der Waals surface area (Å²) in [6.07, 6.45) is 4.21. The van der Waals surface area contributed by atoms with Crippen molar-refractivity contribution in [1.82, 2.24) is 30.8 Å². The molecule has 0 bridgehead atoms. The summed E-state index contributed by atoms with van der Waals surface area (Å²) in [4.78, 5) is 73.1. The number of carbonyl (C=O) groups excluding carboxylic acids is 5. The Kier molecular flexibility index (Phi) is 13.2. The number of halogens is 2. The summed E-state index contributed by atoms with van der Waals surface area (Å²) in [7, 11) is 3.75. The highest BCUT2D eigenvalue weighted by atomic mass is 19.3. The molecular formula is C48H49F2N7O5. The summed E-state index contributed by atoms with van der Waals surface area (Å²) in [5, 5.41) is 8.71. The SMILES string of the molecule is CC(C)c1cc(N2CCCc3cc(-c4ccc(C(=O)NCCCC#Cc5cccc6c5CN(C5CCC(=O)NC5=O)C6=O)nc4)c(C(F)F)cc32)cc2c(C=O)c[nH]c12.CNC. The van der Waals surface area contributed by atoms with Crippen molar-refractivity contribution >= 4 is 52.2 Å². The van der Waals surface area contributed by atoms with E-state index in [1.165, 1.54) is 17.2 Å². The number of unbranched alkanes of at least 4 members (excludes halogenated alkanes) is 1. The summed E-state index contributed by atoms with van der Waals surface area (Å²) in [6.45, 7) is 5.36. The Bertz CT molecular complexity index is 2610. The molecule has 5 heterocycles. The van der Waals surface area contributed by atoms with Crippen molar-refractivity contribution in [3.05, 3.63) is 112 Å².